The first-order valence-corrected chi connectivity index (χ1v) is 10.0. The number of azide groups is 1. The largest absolute Gasteiger partial charge is 0.463 e. The van der Waals surface area contributed by atoms with Crippen LogP contribution >= 0.6 is 0 Å². The molecule has 120 valence electrons. The van der Waals surface area contributed by atoms with Gasteiger partial charge in [0, 0.05) is 11.0 Å². The van der Waals surface area contributed by atoms with Crippen LogP contribution in [0.1, 0.15) is 34.6 Å². The standard InChI is InChI=1S/C14H27N3O3Si/c1-8-19-13(18)10-9-12(16-17-15)11(2)20-21(6,7)14(3,4)5/h9-12H,8H2,1-7H3/b10-9+/t11-,12+/m1/s1. The predicted octanol–water partition coefficient (Wildman–Crippen LogP) is 4.19. The van der Waals surface area contributed by atoms with E-state index in [9.17, 15) is 4.79 Å². The second-order valence-electron chi connectivity index (χ2n) is 6.39. The molecule has 0 fully saturated rings. The van der Waals surface area contributed by atoms with Crippen LogP contribution < -0.4 is 0 Å². The molecule has 0 aliphatic rings. The van der Waals surface area contributed by atoms with E-state index < -0.39 is 20.3 Å². The molecule has 0 N–H and O–H groups in total. The van der Waals surface area contributed by atoms with E-state index in [1.165, 1.54) is 12.2 Å². The molecular formula is C14H27N3O3Si. The van der Waals surface area contributed by atoms with Gasteiger partial charge in [0.1, 0.15) is 0 Å². The summed E-state index contributed by atoms with van der Waals surface area (Å²) in [5.74, 6) is -0.449. The number of rotatable bonds is 7. The summed E-state index contributed by atoms with van der Waals surface area (Å²) in [6.07, 6.45) is 2.52. The molecule has 6 nitrogen and oxygen atoms in total. The molecule has 0 aliphatic heterocycles. The molecule has 0 aromatic heterocycles. The SMILES string of the molecule is CCOC(=O)/C=C/[C@H](N=[N+]=[N-])[C@@H](C)O[Si](C)(C)C(C)(C)C. The summed E-state index contributed by atoms with van der Waals surface area (Å²) in [6, 6.07) is -0.534. The monoisotopic (exact) mass is 313 g/mol. The van der Waals surface area contributed by atoms with Crippen LogP contribution in [0.3, 0.4) is 0 Å². The third kappa shape index (κ3) is 6.79. The fraction of sp³-hybridized carbons (Fsp3) is 0.786. The molecule has 0 heterocycles. The number of ether oxygens (including phenoxy) is 1. The highest BCUT2D eigenvalue weighted by molar-refractivity contribution is 6.74. The van der Waals surface area contributed by atoms with Crippen molar-refractivity contribution < 1.29 is 14.0 Å². The van der Waals surface area contributed by atoms with Crippen molar-refractivity contribution in [2.75, 3.05) is 6.61 Å². The van der Waals surface area contributed by atoms with Crippen LogP contribution in [-0.2, 0) is 14.0 Å². The number of carbonyl (C=O) groups excluding carboxylic acids is 1. The highest BCUT2D eigenvalue weighted by Crippen LogP contribution is 2.37. The van der Waals surface area contributed by atoms with Crippen molar-refractivity contribution in [3.05, 3.63) is 22.6 Å². The fourth-order valence-corrected chi connectivity index (χ4v) is 2.85. The van der Waals surface area contributed by atoms with Gasteiger partial charge in [0.2, 0.25) is 0 Å². The van der Waals surface area contributed by atoms with Crippen LogP contribution in [0.15, 0.2) is 17.3 Å². The highest BCUT2D eigenvalue weighted by Gasteiger charge is 2.39. The van der Waals surface area contributed by atoms with Crippen LogP contribution in [-0.4, -0.2) is 33.0 Å². The zero-order valence-electron chi connectivity index (χ0n) is 14.1. The van der Waals surface area contributed by atoms with Crippen molar-refractivity contribution in [2.24, 2.45) is 5.11 Å². The molecule has 7 heteroatoms. The maximum atomic E-state index is 11.3. The Morgan fingerprint density at radius 2 is 2.00 bits per heavy atom. The first-order chi connectivity index (χ1) is 9.55. The number of hydrogen-bond donors (Lipinski definition) is 0. The molecule has 0 aliphatic carbocycles. The molecule has 0 unspecified atom stereocenters. The van der Waals surface area contributed by atoms with Crippen LogP contribution in [0.25, 0.3) is 10.4 Å². The van der Waals surface area contributed by atoms with Crippen molar-refractivity contribution in [1.82, 2.24) is 0 Å². The van der Waals surface area contributed by atoms with Gasteiger partial charge in [-0.15, -0.1) is 0 Å². The molecule has 0 aromatic carbocycles. The summed E-state index contributed by atoms with van der Waals surface area (Å²) in [5, 5.41) is 3.77. The van der Waals surface area contributed by atoms with Crippen LogP contribution in [0.5, 0.6) is 0 Å². The minimum Gasteiger partial charge on any atom is -0.463 e. The van der Waals surface area contributed by atoms with E-state index in [1.807, 2.05) is 6.92 Å². The predicted molar refractivity (Wildman–Crippen MR) is 86.5 cm³/mol. The second kappa shape index (κ2) is 8.22. The third-order valence-corrected chi connectivity index (χ3v) is 8.24. The number of hydrogen-bond acceptors (Lipinski definition) is 4. The Kier molecular flexibility index (Phi) is 7.71. The van der Waals surface area contributed by atoms with Gasteiger partial charge >= 0.3 is 5.97 Å². The van der Waals surface area contributed by atoms with Gasteiger partial charge in [-0.2, -0.15) is 0 Å². The molecule has 0 saturated heterocycles. The Hall–Kier alpha value is -1.30. The average molecular weight is 313 g/mol. The van der Waals surface area contributed by atoms with Gasteiger partial charge in [-0.25, -0.2) is 4.79 Å². The van der Waals surface area contributed by atoms with Crippen molar-refractivity contribution in [3.8, 4) is 0 Å². The Morgan fingerprint density at radius 3 is 2.43 bits per heavy atom. The lowest BCUT2D eigenvalue weighted by Crippen LogP contribution is -2.45. The first kappa shape index (κ1) is 19.7. The van der Waals surface area contributed by atoms with Gasteiger partial charge in [0.15, 0.2) is 8.32 Å². The average Bonchev–Trinajstić information content (AvgIpc) is 2.32. The summed E-state index contributed by atoms with van der Waals surface area (Å²) in [6.45, 7) is 14.6. The van der Waals surface area contributed by atoms with Gasteiger partial charge in [0.05, 0.1) is 18.8 Å². The maximum absolute atomic E-state index is 11.3. The van der Waals surface area contributed by atoms with Gasteiger partial charge < -0.3 is 9.16 Å². The summed E-state index contributed by atoms with van der Waals surface area (Å²) in [7, 11) is -1.96. The Labute approximate surface area is 128 Å². The second-order valence-corrected chi connectivity index (χ2v) is 11.1. The topological polar surface area (TPSA) is 84.3 Å². The van der Waals surface area contributed by atoms with Crippen LogP contribution in [0.2, 0.25) is 18.1 Å². The fourth-order valence-electron chi connectivity index (χ4n) is 1.43. The minimum atomic E-state index is -1.96. The smallest absolute Gasteiger partial charge is 0.330 e. The van der Waals surface area contributed by atoms with Gasteiger partial charge in [-0.1, -0.05) is 32.0 Å². The summed E-state index contributed by atoms with van der Waals surface area (Å²) in [4.78, 5) is 14.2. The highest BCUT2D eigenvalue weighted by atomic mass is 28.4. The number of esters is 1. The zero-order chi connectivity index (χ0) is 16.7. The molecule has 0 bridgehead atoms. The van der Waals surface area contributed by atoms with E-state index in [1.54, 1.807) is 6.92 Å². The van der Waals surface area contributed by atoms with Gasteiger partial charge in [-0.3, -0.25) is 0 Å². The van der Waals surface area contributed by atoms with Crippen molar-refractivity contribution >= 4 is 14.3 Å². The molecule has 0 amide bonds. The molecule has 0 saturated carbocycles. The van der Waals surface area contributed by atoms with Crippen molar-refractivity contribution in [2.45, 2.75) is 64.9 Å². The Bertz CT molecular complexity index is 424. The molecule has 0 radical (unpaired) electrons. The number of nitrogens with zero attached hydrogens (tertiary/aromatic N) is 3. The van der Waals surface area contributed by atoms with E-state index in [0.717, 1.165) is 0 Å². The lowest BCUT2D eigenvalue weighted by molar-refractivity contribution is -0.137. The van der Waals surface area contributed by atoms with Gasteiger partial charge in [0.25, 0.3) is 0 Å². The van der Waals surface area contributed by atoms with Gasteiger partial charge in [-0.05, 0) is 37.5 Å². The van der Waals surface area contributed by atoms with Crippen molar-refractivity contribution in [1.29, 1.82) is 0 Å². The molecular weight excluding hydrogens is 286 g/mol. The van der Waals surface area contributed by atoms with E-state index in [4.69, 9.17) is 14.7 Å². The molecule has 0 rings (SSSR count). The molecule has 0 spiro atoms. The lowest BCUT2D eigenvalue weighted by Gasteiger charge is -2.39. The van der Waals surface area contributed by atoms with E-state index in [-0.39, 0.29) is 11.1 Å². The first-order valence-electron chi connectivity index (χ1n) is 7.12. The van der Waals surface area contributed by atoms with Crippen molar-refractivity contribution in [3.63, 3.8) is 0 Å². The third-order valence-electron chi connectivity index (χ3n) is 3.67. The Balaban J connectivity index is 4.97. The minimum absolute atomic E-state index is 0.0625. The molecule has 2 atom stereocenters. The van der Waals surface area contributed by atoms with E-state index in [0.29, 0.717) is 6.61 Å². The molecule has 0 aromatic rings. The maximum Gasteiger partial charge on any atom is 0.330 e. The Morgan fingerprint density at radius 1 is 1.43 bits per heavy atom. The quantitative estimate of drug-likeness (QED) is 0.176. The summed E-state index contributed by atoms with van der Waals surface area (Å²) >= 11 is 0. The number of carbonyl (C=O) groups is 1. The normalized spacial score (nSPS) is 15.4. The van der Waals surface area contributed by atoms with E-state index in [2.05, 4.69) is 43.9 Å². The molecule has 21 heavy (non-hydrogen) atoms. The zero-order valence-corrected chi connectivity index (χ0v) is 15.1. The van der Waals surface area contributed by atoms with Crippen LogP contribution in [0, 0.1) is 0 Å². The summed E-state index contributed by atoms with van der Waals surface area (Å²) in [5.41, 5.74) is 8.68. The lowest BCUT2D eigenvalue weighted by atomic mass is 10.2. The van der Waals surface area contributed by atoms with Crippen LogP contribution in [0.4, 0.5) is 0 Å². The van der Waals surface area contributed by atoms with E-state index >= 15 is 0 Å². The summed E-state index contributed by atoms with van der Waals surface area (Å²) < 4.78 is 11.0.